The van der Waals surface area contributed by atoms with Crippen LogP contribution in [0.2, 0.25) is 45.3 Å². The van der Waals surface area contributed by atoms with Gasteiger partial charge < -0.3 is 9.47 Å². The lowest BCUT2D eigenvalue weighted by atomic mass is 9.44. The minimum Gasteiger partial charge on any atom is -0.356 e. The molecule has 0 amide bonds. The van der Waals surface area contributed by atoms with Gasteiger partial charge in [0.15, 0.2) is 5.78 Å². The second-order valence-corrected chi connectivity index (χ2v) is 24.3. The lowest BCUT2D eigenvalue weighted by Crippen LogP contribution is -2.56. The Kier molecular flexibility index (Phi) is 7.86. The molecule has 2 fully saturated rings. The number of ketones is 1. The zero-order chi connectivity index (χ0) is 26.3. The third-order valence-corrected chi connectivity index (χ3v) is 11.0. The van der Waals surface area contributed by atoms with Gasteiger partial charge in [0, 0.05) is 14.7 Å². The van der Waals surface area contributed by atoms with Crippen molar-refractivity contribution in [2.24, 2.45) is 22.2 Å². The zero-order valence-corrected chi connectivity index (χ0v) is 25.4. The van der Waals surface area contributed by atoms with Crippen LogP contribution in [0.15, 0.2) is 23.3 Å². The molecule has 0 aromatic rings. The summed E-state index contributed by atoms with van der Waals surface area (Å²) in [6.45, 7) is 21.9. The van der Waals surface area contributed by atoms with E-state index in [1.54, 1.807) is 6.08 Å². The molecule has 4 nitrogen and oxygen atoms in total. The topological polar surface area (TPSA) is 59.3 Å². The Bertz CT molecular complexity index is 1010. The first-order valence-electron chi connectivity index (χ1n) is 13.2. The highest BCUT2D eigenvalue weighted by molar-refractivity contribution is 6.83. The van der Waals surface area contributed by atoms with Gasteiger partial charge in [0.25, 0.3) is 0 Å². The minimum absolute atomic E-state index is 0.0589. The lowest BCUT2D eigenvalue weighted by molar-refractivity contribution is -0.174. The van der Waals surface area contributed by atoms with Gasteiger partial charge in [-0.2, -0.15) is 5.26 Å². The van der Waals surface area contributed by atoms with Crippen LogP contribution < -0.4 is 0 Å². The molecule has 3 rings (SSSR count). The van der Waals surface area contributed by atoms with Crippen molar-refractivity contribution < 1.29 is 14.3 Å². The van der Waals surface area contributed by atoms with Crippen LogP contribution in [0.5, 0.6) is 0 Å². The molecule has 2 saturated carbocycles. The highest BCUT2D eigenvalue weighted by atomic mass is 28.3. The molecule has 0 aromatic carbocycles. The van der Waals surface area contributed by atoms with E-state index in [2.05, 4.69) is 77.6 Å². The maximum atomic E-state index is 12.9. The quantitative estimate of drug-likeness (QED) is 0.171. The number of rotatable bonds is 6. The number of carbonyl (C=O) groups excluding carboxylic acids is 1. The Morgan fingerprint density at radius 3 is 2.37 bits per heavy atom. The summed E-state index contributed by atoms with van der Waals surface area (Å²) in [5, 5.41) is 9.64. The first kappa shape index (κ1) is 28.1. The van der Waals surface area contributed by atoms with E-state index < -0.39 is 21.6 Å². The van der Waals surface area contributed by atoms with Gasteiger partial charge in [0.05, 0.1) is 17.1 Å². The van der Waals surface area contributed by atoms with Gasteiger partial charge in [-0.1, -0.05) is 66.0 Å². The van der Waals surface area contributed by atoms with Crippen LogP contribution >= 0.6 is 0 Å². The Morgan fingerprint density at radius 2 is 1.77 bits per heavy atom. The van der Waals surface area contributed by atoms with E-state index in [0.29, 0.717) is 12.7 Å². The smallest absolute Gasteiger partial charge is 0.196 e. The number of hydrogen-bond donors (Lipinski definition) is 0. The molecular weight excluding hydrogens is 466 g/mol. The van der Waals surface area contributed by atoms with E-state index in [4.69, 9.17) is 9.47 Å². The molecule has 192 valence electrons. The second-order valence-electron chi connectivity index (χ2n) is 13.9. The SMILES string of the molecule is CC1(C)[C@H](OCOCC[Si](C)(C)C)CC[C@]2(C)C3=CC(=O)C(C#N)=C[C@]3(C#C[Si](C)(C)C)CC[C@@H]12. The summed E-state index contributed by atoms with van der Waals surface area (Å²) in [7, 11) is -2.74. The minimum atomic E-state index is -1.63. The first-order chi connectivity index (χ1) is 16.0. The third-order valence-electron chi connectivity index (χ3n) is 8.41. The third kappa shape index (κ3) is 5.94. The van der Waals surface area contributed by atoms with Crippen molar-refractivity contribution in [1.29, 1.82) is 5.26 Å². The fourth-order valence-corrected chi connectivity index (χ4v) is 7.79. The van der Waals surface area contributed by atoms with Gasteiger partial charge in [-0.15, -0.1) is 5.54 Å². The molecule has 0 N–H and O–H groups in total. The number of nitrogens with zero attached hydrogens (tertiary/aromatic N) is 1. The molecule has 0 aliphatic heterocycles. The maximum absolute atomic E-state index is 12.9. The molecular formula is C29H45NO3Si2. The summed E-state index contributed by atoms with van der Waals surface area (Å²) < 4.78 is 12.2. The monoisotopic (exact) mass is 511 g/mol. The van der Waals surface area contributed by atoms with E-state index >= 15 is 0 Å². The molecule has 0 bridgehead atoms. The molecule has 0 heterocycles. The van der Waals surface area contributed by atoms with Crippen molar-refractivity contribution in [3.8, 4) is 17.5 Å². The van der Waals surface area contributed by atoms with E-state index in [1.807, 2.05) is 6.08 Å². The van der Waals surface area contributed by atoms with Crippen LogP contribution in [0, 0.1) is 45.0 Å². The fraction of sp³-hybridized carbons (Fsp3) is 0.724. The molecule has 3 aliphatic rings. The predicted molar refractivity (Wildman–Crippen MR) is 148 cm³/mol. The van der Waals surface area contributed by atoms with Crippen LogP contribution in [0.3, 0.4) is 0 Å². The van der Waals surface area contributed by atoms with Crippen LogP contribution in [-0.2, 0) is 14.3 Å². The summed E-state index contributed by atoms with van der Waals surface area (Å²) in [6, 6.07) is 3.28. The van der Waals surface area contributed by atoms with Crippen LogP contribution in [0.25, 0.3) is 0 Å². The maximum Gasteiger partial charge on any atom is 0.196 e. The Balaban J connectivity index is 1.87. The van der Waals surface area contributed by atoms with E-state index in [-0.39, 0.29) is 28.3 Å². The number of allylic oxidation sites excluding steroid dienone is 4. The molecule has 0 radical (unpaired) electrons. The summed E-state index contributed by atoms with van der Waals surface area (Å²) >= 11 is 0. The Labute approximate surface area is 215 Å². The average Bonchev–Trinajstić information content (AvgIpc) is 2.72. The largest absolute Gasteiger partial charge is 0.356 e. The molecule has 35 heavy (non-hydrogen) atoms. The lowest BCUT2D eigenvalue weighted by Gasteiger charge is -2.61. The van der Waals surface area contributed by atoms with E-state index in [9.17, 15) is 10.1 Å². The molecule has 0 aromatic heterocycles. The van der Waals surface area contributed by atoms with E-state index in [0.717, 1.165) is 43.9 Å². The standard InChI is InChI=1S/C29H45NO3Si2/c1-27(2)24-10-13-29(14-16-34(4,5)6)19-22(20-30)23(31)18-25(29)28(24,3)12-11-26(27)33-21-32-15-17-35(7,8)9/h18-19,24,26H,10-13,15,17,21H2,1-9H3/t24-,26+,28-,29+/m0/s1. The molecule has 6 heteroatoms. The van der Waals surface area contributed by atoms with Crippen molar-refractivity contribution in [3.63, 3.8) is 0 Å². The Morgan fingerprint density at radius 1 is 1.09 bits per heavy atom. The average molecular weight is 512 g/mol. The highest BCUT2D eigenvalue weighted by Gasteiger charge is 2.60. The second kappa shape index (κ2) is 9.78. The summed E-state index contributed by atoms with van der Waals surface area (Å²) in [4.78, 5) is 12.9. The zero-order valence-electron chi connectivity index (χ0n) is 23.4. The van der Waals surface area contributed by atoms with Crippen molar-refractivity contribution in [2.45, 2.75) is 97.9 Å². The van der Waals surface area contributed by atoms with Crippen molar-refractivity contribution in [3.05, 3.63) is 23.3 Å². The van der Waals surface area contributed by atoms with Gasteiger partial charge >= 0.3 is 0 Å². The van der Waals surface area contributed by atoms with Gasteiger partial charge in [0.2, 0.25) is 0 Å². The fourth-order valence-electron chi connectivity index (χ4n) is 6.44. The number of nitriles is 1. The predicted octanol–water partition coefficient (Wildman–Crippen LogP) is 6.75. The van der Waals surface area contributed by atoms with Gasteiger partial charge in [0.1, 0.15) is 20.9 Å². The number of hydrogen-bond acceptors (Lipinski definition) is 4. The summed E-state index contributed by atoms with van der Waals surface area (Å²) in [6.07, 6.45) is 7.53. The van der Waals surface area contributed by atoms with Crippen LogP contribution in [0.1, 0.15) is 46.5 Å². The van der Waals surface area contributed by atoms with Crippen LogP contribution in [0.4, 0.5) is 0 Å². The summed E-state index contributed by atoms with van der Waals surface area (Å²) in [5.41, 5.74) is 4.24. The Hall–Kier alpha value is -1.45. The number of ether oxygens (including phenoxy) is 2. The van der Waals surface area contributed by atoms with Crippen LogP contribution in [-0.4, -0.2) is 41.4 Å². The van der Waals surface area contributed by atoms with Gasteiger partial charge in [-0.05, 0) is 66.2 Å². The molecule has 0 unspecified atom stereocenters. The molecule has 0 saturated heterocycles. The molecule has 4 atom stereocenters. The molecule has 3 aliphatic carbocycles. The number of fused-ring (bicyclic) bond motifs is 3. The normalized spacial score (nSPS) is 32.3. The van der Waals surface area contributed by atoms with Crippen molar-refractivity contribution in [1.82, 2.24) is 0 Å². The summed E-state index contributed by atoms with van der Waals surface area (Å²) in [5.74, 6) is 3.84. The highest BCUT2D eigenvalue weighted by Crippen LogP contribution is 2.65. The van der Waals surface area contributed by atoms with Gasteiger partial charge in [-0.25, -0.2) is 0 Å². The first-order valence-corrected chi connectivity index (χ1v) is 20.4. The number of carbonyl (C=O) groups is 1. The van der Waals surface area contributed by atoms with E-state index in [1.165, 1.54) is 0 Å². The van der Waals surface area contributed by atoms with Crippen molar-refractivity contribution in [2.75, 3.05) is 13.4 Å². The van der Waals surface area contributed by atoms with Crippen molar-refractivity contribution >= 4 is 21.9 Å². The molecule has 0 spiro atoms. The van der Waals surface area contributed by atoms with Gasteiger partial charge in [-0.3, -0.25) is 4.79 Å².